The van der Waals surface area contributed by atoms with Crippen molar-refractivity contribution in [1.82, 2.24) is 0 Å². The fraction of sp³-hybridized carbons (Fsp3) is 1.00. The lowest BCUT2D eigenvalue weighted by molar-refractivity contribution is -0.0334. The van der Waals surface area contributed by atoms with Crippen molar-refractivity contribution < 1.29 is 29.2 Å². The molecule has 16 heavy (non-hydrogen) atoms. The molecule has 0 saturated carbocycles. The van der Waals surface area contributed by atoms with E-state index in [1.165, 1.54) is 0 Å². The van der Waals surface area contributed by atoms with E-state index in [-0.39, 0.29) is 13.2 Å². The van der Waals surface area contributed by atoms with E-state index >= 15 is 0 Å². The molecule has 1 heterocycles. The maximum Gasteiger partial charge on any atom is 0.0701 e. The van der Waals surface area contributed by atoms with E-state index in [1.807, 2.05) is 0 Å². The Hall–Kier alpha value is -0.240. The monoisotopic (exact) mass is 238 g/mol. The second-order valence-electron chi connectivity index (χ2n) is 2.90. The molecule has 0 atom stereocenters. The van der Waals surface area contributed by atoms with Crippen LogP contribution in [-0.2, 0) is 18.9 Å². The zero-order valence-electron chi connectivity index (χ0n) is 9.60. The highest BCUT2D eigenvalue weighted by Gasteiger charge is 1.94. The molecule has 1 rings (SSSR count). The molecular weight excluding hydrogens is 216 g/mol. The molecule has 0 unspecified atom stereocenters. The first-order valence-corrected chi connectivity index (χ1v) is 5.44. The van der Waals surface area contributed by atoms with Crippen LogP contribution in [0.2, 0.25) is 0 Å². The average molecular weight is 238 g/mol. The van der Waals surface area contributed by atoms with Gasteiger partial charge in [0.1, 0.15) is 0 Å². The summed E-state index contributed by atoms with van der Waals surface area (Å²) >= 11 is 0. The molecule has 2 N–H and O–H groups in total. The first-order chi connectivity index (χ1) is 7.91. The third-order valence-corrected chi connectivity index (χ3v) is 1.59. The van der Waals surface area contributed by atoms with Crippen LogP contribution in [0, 0.1) is 0 Å². The SMILES string of the molecule is C1COCCO1.OCCOCCOCCO. The van der Waals surface area contributed by atoms with Crippen molar-refractivity contribution in [1.29, 1.82) is 0 Å². The Kier molecular flexibility index (Phi) is 14.5. The summed E-state index contributed by atoms with van der Waals surface area (Å²) in [5, 5.41) is 16.5. The highest BCUT2D eigenvalue weighted by Crippen LogP contribution is 1.85. The normalized spacial score (nSPS) is 15.4. The van der Waals surface area contributed by atoms with Crippen LogP contribution in [-0.4, -0.2) is 76.3 Å². The molecule has 0 spiro atoms. The van der Waals surface area contributed by atoms with E-state index < -0.39 is 0 Å². The van der Waals surface area contributed by atoms with Gasteiger partial charge in [-0.2, -0.15) is 0 Å². The predicted molar refractivity (Wildman–Crippen MR) is 57.4 cm³/mol. The fourth-order valence-electron chi connectivity index (χ4n) is 0.891. The third-order valence-electron chi connectivity index (χ3n) is 1.59. The largest absolute Gasteiger partial charge is 0.394 e. The van der Waals surface area contributed by atoms with Crippen molar-refractivity contribution >= 4 is 0 Å². The van der Waals surface area contributed by atoms with Crippen molar-refractivity contribution in [2.45, 2.75) is 0 Å². The molecule has 1 saturated heterocycles. The second-order valence-corrected chi connectivity index (χ2v) is 2.90. The molecule has 98 valence electrons. The summed E-state index contributed by atoms with van der Waals surface area (Å²) in [6.45, 7) is 4.84. The molecule has 1 aliphatic heterocycles. The summed E-state index contributed by atoms with van der Waals surface area (Å²) in [7, 11) is 0. The molecule has 0 radical (unpaired) electrons. The Balaban J connectivity index is 0.000000315. The number of aliphatic hydroxyl groups excluding tert-OH is 2. The van der Waals surface area contributed by atoms with Gasteiger partial charge in [0.25, 0.3) is 0 Å². The van der Waals surface area contributed by atoms with Crippen LogP contribution in [0.3, 0.4) is 0 Å². The summed E-state index contributed by atoms with van der Waals surface area (Å²) in [5.41, 5.74) is 0. The zero-order chi connectivity index (χ0) is 11.9. The minimum atomic E-state index is 0.0417. The quantitative estimate of drug-likeness (QED) is 0.556. The van der Waals surface area contributed by atoms with Gasteiger partial charge in [0.15, 0.2) is 0 Å². The molecule has 0 aromatic carbocycles. The second kappa shape index (κ2) is 14.8. The third kappa shape index (κ3) is 13.8. The minimum absolute atomic E-state index is 0.0417. The van der Waals surface area contributed by atoms with Crippen LogP contribution in [0.1, 0.15) is 0 Å². The van der Waals surface area contributed by atoms with Crippen molar-refractivity contribution in [2.24, 2.45) is 0 Å². The van der Waals surface area contributed by atoms with Gasteiger partial charge in [0.05, 0.1) is 66.1 Å². The number of hydrogen-bond acceptors (Lipinski definition) is 6. The van der Waals surface area contributed by atoms with Crippen LogP contribution >= 0.6 is 0 Å². The number of aliphatic hydroxyl groups is 2. The lowest BCUT2D eigenvalue weighted by atomic mass is 10.6. The molecule has 1 aliphatic rings. The summed E-state index contributed by atoms with van der Waals surface area (Å²) in [5.74, 6) is 0. The van der Waals surface area contributed by atoms with Gasteiger partial charge in [0, 0.05) is 0 Å². The molecule has 6 heteroatoms. The molecule has 0 aliphatic carbocycles. The van der Waals surface area contributed by atoms with Crippen LogP contribution in [0.15, 0.2) is 0 Å². The standard InChI is InChI=1S/C6H14O4.C4H8O2/c7-1-3-9-5-6-10-4-2-8;1-2-6-4-3-5-1/h7-8H,1-6H2;1-4H2. The Morgan fingerprint density at radius 3 is 1.31 bits per heavy atom. The van der Waals surface area contributed by atoms with E-state index in [9.17, 15) is 0 Å². The minimum Gasteiger partial charge on any atom is -0.394 e. The van der Waals surface area contributed by atoms with E-state index in [0.29, 0.717) is 26.4 Å². The number of hydrogen-bond donors (Lipinski definition) is 2. The van der Waals surface area contributed by atoms with Gasteiger partial charge in [-0.15, -0.1) is 0 Å². The van der Waals surface area contributed by atoms with E-state index in [0.717, 1.165) is 26.4 Å². The van der Waals surface area contributed by atoms with Crippen LogP contribution in [0.5, 0.6) is 0 Å². The van der Waals surface area contributed by atoms with Gasteiger partial charge in [-0.1, -0.05) is 0 Å². The van der Waals surface area contributed by atoms with Crippen LogP contribution in [0.4, 0.5) is 0 Å². The van der Waals surface area contributed by atoms with Crippen molar-refractivity contribution in [2.75, 3.05) is 66.1 Å². The first-order valence-electron chi connectivity index (χ1n) is 5.44. The summed E-state index contributed by atoms with van der Waals surface area (Å²) in [4.78, 5) is 0. The van der Waals surface area contributed by atoms with E-state index in [4.69, 9.17) is 29.2 Å². The van der Waals surface area contributed by atoms with Gasteiger partial charge < -0.3 is 29.2 Å². The summed E-state index contributed by atoms with van der Waals surface area (Å²) < 4.78 is 19.6. The Morgan fingerprint density at radius 1 is 0.688 bits per heavy atom. The van der Waals surface area contributed by atoms with Crippen molar-refractivity contribution in [3.8, 4) is 0 Å². The van der Waals surface area contributed by atoms with Crippen molar-refractivity contribution in [3.63, 3.8) is 0 Å². The van der Waals surface area contributed by atoms with Crippen molar-refractivity contribution in [3.05, 3.63) is 0 Å². The van der Waals surface area contributed by atoms with E-state index in [2.05, 4.69) is 0 Å². The highest BCUT2D eigenvalue weighted by molar-refractivity contribution is 4.37. The Labute approximate surface area is 96.1 Å². The zero-order valence-corrected chi connectivity index (χ0v) is 9.60. The van der Waals surface area contributed by atoms with Gasteiger partial charge >= 0.3 is 0 Å². The fourth-order valence-corrected chi connectivity index (χ4v) is 0.891. The van der Waals surface area contributed by atoms with Gasteiger partial charge in [0.2, 0.25) is 0 Å². The molecule has 1 fully saturated rings. The van der Waals surface area contributed by atoms with Gasteiger partial charge in [-0.25, -0.2) is 0 Å². The molecule has 0 aromatic rings. The lowest BCUT2D eigenvalue weighted by Gasteiger charge is -2.09. The number of ether oxygens (including phenoxy) is 4. The summed E-state index contributed by atoms with van der Waals surface area (Å²) in [6, 6.07) is 0. The Morgan fingerprint density at radius 2 is 1.06 bits per heavy atom. The van der Waals surface area contributed by atoms with Crippen LogP contribution < -0.4 is 0 Å². The van der Waals surface area contributed by atoms with Gasteiger partial charge in [-0.05, 0) is 0 Å². The average Bonchev–Trinajstić information content (AvgIpc) is 2.37. The molecule has 0 bridgehead atoms. The molecule has 6 nitrogen and oxygen atoms in total. The van der Waals surface area contributed by atoms with E-state index in [1.54, 1.807) is 0 Å². The highest BCUT2D eigenvalue weighted by atomic mass is 16.6. The van der Waals surface area contributed by atoms with Gasteiger partial charge in [-0.3, -0.25) is 0 Å². The molecular formula is C10H22O6. The smallest absolute Gasteiger partial charge is 0.0701 e. The first kappa shape index (κ1) is 15.8. The lowest BCUT2D eigenvalue weighted by Crippen LogP contribution is -2.16. The molecule has 0 amide bonds. The topological polar surface area (TPSA) is 77.4 Å². The molecule has 0 aromatic heterocycles. The Bertz CT molecular complexity index is 98.4. The predicted octanol–water partition coefficient (Wildman–Crippen LogP) is -0.963. The maximum absolute atomic E-state index is 8.26. The van der Waals surface area contributed by atoms with Crippen LogP contribution in [0.25, 0.3) is 0 Å². The number of rotatable bonds is 7. The summed E-state index contributed by atoms with van der Waals surface area (Å²) in [6.07, 6.45) is 0. The maximum atomic E-state index is 8.26.